The van der Waals surface area contributed by atoms with Crippen molar-refractivity contribution in [1.29, 1.82) is 0 Å². The lowest BCUT2D eigenvalue weighted by Gasteiger charge is -2.29. The van der Waals surface area contributed by atoms with Crippen molar-refractivity contribution < 1.29 is 4.12 Å². The van der Waals surface area contributed by atoms with E-state index in [1.54, 1.807) is 5.70 Å². The summed E-state index contributed by atoms with van der Waals surface area (Å²) in [4.78, 5) is 0. The van der Waals surface area contributed by atoms with E-state index in [0.29, 0.717) is 0 Å². The third kappa shape index (κ3) is 9.76. The zero-order valence-electron chi connectivity index (χ0n) is 9.20. The summed E-state index contributed by atoms with van der Waals surface area (Å²) in [5, 5.41) is 0. The van der Waals surface area contributed by atoms with Gasteiger partial charge in [0.05, 0.1) is 0 Å². The highest BCUT2D eigenvalue weighted by atomic mass is 35.8. The standard InChI is InChI=1S/C7H17Cl3OSi3/c1-12(2,3)11-13(4,5)6-7-14(8,9)10/h6-7H,1-5H3. The first-order chi connectivity index (χ1) is 5.91. The van der Waals surface area contributed by atoms with Gasteiger partial charge in [-0.1, -0.05) is 11.4 Å². The van der Waals surface area contributed by atoms with Crippen LogP contribution in [0.15, 0.2) is 11.4 Å². The summed E-state index contributed by atoms with van der Waals surface area (Å²) in [7, 11) is -3.28. The summed E-state index contributed by atoms with van der Waals surface area (Å²) in [6.45, 7) is 10.7. The second-order valence-corrected chi connectivity index (χ2v) is 21.8. The molecule has 0 radical (unpaired) electrons. The van der Waals surface area contributed by atoms with E-state index >= 15 is 0 Å². The van der Waals surface area contributed by atoms with E-state index in [4.69, 9.17) is 37.4 Å². The summed E-state index contributed by atoms with van der Waals surface area (Å²) in [6, 6.07) is -2.64. The van der Waals surface area contributed by atoms with Gasteiger partial charge in [-0.3, -0.25) is 0 Å². The molecule has 0 unspecified atom stereocenters. The lowest BCUT2D eigenvalue weighted by molar-refractivity contribution is 0.565. The van der Waals surface area contributed by atoms with Gasteiger partial charge >= 0.3 is 6.00 Å². The lowest BCUT2D eigenvalue weighted by Crippen LogP contribution is -2.41. The van der Waals surface area contributed by atoms with Gasteiger partial charge in [-0.15, -0.1) is 33.2 Å². The summed E-state index contributed by atoms with van der Waals surface area (Å²) >= 11 is 17.3. The van der Waals surface area contributed by atoms with E-state index in [1.807, 2.05) is 5.70 Å². The van der Waals surface area contributed by atoms with Crippen molar-refractivity contribution in [1.82, 2.24) is 0 Å². The molecule has 0 aromatic rings. The molecule has 0 rings (SSSR count). The van der Waals surface area contributed by atoms with Gasteiger partial charge in [0.1, 0.15) is 0 Å². The van der Waals surface area contributed by atoms with Crippen LogP contribution in [0.1, 0.15) is 0 Å². The fourth-order valence-electron chi connectivity index (χ4n) is 1.12. The van der Waals surface area contributed by atoms with Crippen LogP contribution in [0, 0.1) is 0 Å². The van der Waals surface area contributed by atoms with Gasteiger partial charge in [0, 0.05) is 0 Å². The van der Waals surface area contributed by atoms with Crippen LogP contribution >= 0.6 is 33.2 Å². The molecule has 0 aromatic heterocycles. The van der Waals surface area contributed by atoms with Crippen molar-refractivity contribution in [3.63, 3.8) is 0 Å². The fraction of sp³-hybridized carbons (Fsp3) is 0.714. The molecular formula is C7H17Cl3OSi3. The predicted molar refractivity (Wildman–Crippen MR) is 74.4 cm³/mol. The summed E-state index contributed by atoms with van der Waals surface area (Å²) < 4.78 is 6.06. The Morgan fingerprint density at radius 1 is 0.857 bits per heavy atom. The molecule has 0 heterocycles. The summed E-state index contributed by atoms with van der Waals surface area (Å²) in [5.41, 5.74) is 3.72. The molecule has 0 aromatic carbocycles. The van der Waals surface area contributed by atoms with Crippen molar-refractivity contribution in [2.75, 3.05) is 0 Å². The van der Waals surface area contributed by atoms with E-state index in [9.17, 15) is 0 Å². The maximum atomic E-state index is 6.06. The molecule has 0 saturated heterocycles. The molecular weight excluding hydrogens is 291 g/mol. The lowest BCUT2D eigenvalue weighted by atomic mass is 11.2. The van der Waals surface area contributed by atoms with Crippen molar-refractivity contribution in [3.05, 3.63) is 11.4 Å². The molecule has 0 aliphatic rings. The zero-order chi connectivity index (χ0) is 11.6. The van der Waals surface area contributed by atoms with Gasteiger partial charge in [-0.05, 0) is 32.7 Å². The van der Waals surface area contributed by atoms with Crippen molar-refractivity contribution in [2.45, 2.75) is 32.7 Å². The Bertz CT molecular complexity index is 217. The number of rotatable bonds is 4. The Morgan fingerprint density at radius 3 is 1.57 bits per heavy atom. The maximum Gasteiger partial charge on any atom is 0.365 e. The molecule has 0 atom stereocenters. The largest absolute Gasteiger partial charge is 0.453 e. The summed E-state index contributed by atoms with van der Waals surface area (Å²) in [6.07, 6.45) is 0. The third-order valence-corrected chi connectivity index (χ3v) is 8.78. The van der Waals surface area contributed by atoms with Crippen LogP contribution in [0.25, 0.3) is 0 Å². The third-order valence-electron chi connectivity index (χ3n) is 1.24. The Kier molecular flexibility index (Phi) is 5.47. The molecule has 84 valence electrons. The molecule has 0 N–H and O–H groups in total. The van der Waals surface area contributed by atoms with Crippen LogP contribution in [0.3, 0.4) is 0 Å². The van der Waals surface area contributed by atoms with E-state index in [2.05, 4.69) is 32.7 Å². The quantitative estimate of drug-likeness (QED) is 0.555. The molecule has 0 aliphatic heterocycles. The minimum Gasteiger partial charge on any atom is -0.453 e. The minimum absolute atomic E-state index is 1.49. The molecule has 7 heteroatoms. The zero-order valence-corrected chi connectivity index (χ0v) is 14.5. The van der Waals surface area contributed by atoms with Crippen LogP contribution in [0.5, 0.6) is 0 Å². The van der Waals surface area contributed by atoms with Crippen molar-refractivity contribution in [3.8, 4) is 0 Å². The average molecular weight is 308 g/mol. The predicted octanol–water partition coefficient (Wildman–Crippen LogP) is 4.33. The van der Waals surface area contributed by atoms with Gasteiger partial charge in [-0.2, -0.15) is 0 Å². The molecule has 1 nitrogen and oxygen atoms in total. The van der Waals surface area contributed by atoms with Crippen LogP contribution in [0.2, 0.25) is 32.7 Å². The van der Waals surface area contributed by atoms with Crippen LogP contribution in [-0.2, 0) is 4.12 Å². The molecule has 0 aliphatic carbocycles. The molecule has 0 saturated carbocycles. The van der Waals surface area contributed by atoms with Gasteiger partial charge in [0.25, 0.3) is 0 Å². The fourth-order valence-corrected chi connectivity index (χ4v) is 11.8. The highest BCUT2D eigenvalue weighted by Crippen LogP contribution is 2.23. The van der Waals surface area contributed by atoms with Crippen LogP contribution in [-0.4, -0.2) is 22.6 Å². The Labute approximate surface area is 104 Å². The molecule has 0 spiro atoms. The molecule has 0 amide bonds. The van der Waals surface area contributed by atoms with Gasteiger partial charge in [0.15, 0.2) is 16.6 Å². The smallest absolute Gasteiger partial charge is 0.365 e. The number of hydrogen-bond donors (Lipinski definition) is 0. The minimum atomic E-state index is -2.64. The van der Waals surface area contributed by atoms with Crippen molar-refractivity contribution >= 4 is 55.9 Å². The first kappa shape index (κ1) is 15.2. The second kappa shape index (κ2) is 5.03. The van der Waals surface area contributed by atoms with Crippen LogP contribution in [0.4, 0.5) is 0 Å². The molecule has 0 bridgehead atoms. The van der Waals surface area contributed by atoms with Crippen molar-refractivity contribution in [2.24, 2.45) is 0 Å². The molecule has 14 heavy (non-hydrogen) atoms. The normalized spacial score (nSPS) is 15.1. The topological polar surface area (TPSA) is 9.23 Å². The van der Waals surface area contributed by atoms with Crippen LogP contribution < -0.4 is 0 Å². The van der Waals surface area contributed by atoms with Gasteiger partial charge in [-0.25, -0.2) is 0 Å². The first-order valence-electron chi connectivity index (χ1n) is 4.39. The van der Waals surface area contributed by atoms with E-state index in [-0.39, 0.29) is 0 Å². The monoisotopic (exact) mass is 306 g/mol. The maximum absolute atomic E-state index is 6.06. The Morgan fingerprint density at radius 2 is 1.29 bits per heavy atom. The highest BCUT2D eigenvalue weighted by molar-refractivity contribution is 7.66. The average Bonchev–Trinajstić information content (AvgIpc) is 1.76. The SMILES string of the molecule is C[Si](C)(C)O[Si](C)(C)C=C[Si](Cl)(Cl)Cl. The molecule has 0 fully saturated rings. The Balaban J connectivity index is 4.43. The number of halogens is 3. The van der Waals surface area contributed by atoms with Gasteiger partial charge < -0.3 is 4.12 Å². The second-order valence-electron chi connectivity index (χ2n) is 4.69. The van der Waals surface area contributed by atoms with E-state index in [0.717, 1.165) is 0 Å². The summed E-state index contributed by atoms with van der Waals surface area (Å²) in [5.74, 6) is 0. The number of hydrogen-bond acceptors (Lipinski definition) is 1. The van der Waals surface area contributed by atoms with Gasteiger partial charge in [0.2, 0.25) is 0 Å². The first-order valence-corrected chi connectivity index (χ1v) is 15.9. The Hall–Kier alpha value is 1.22. The highest BCUT2D eigenvalue weighted by Gasteiger charge is 2.29. The van der Waals surface area contributed by atoms with E-state index < -0.39 is 22.6 Å². The van der Waals surface area contributed by atoms with E-state index in [1.165, 1.54) is 0 Å².